The summed E-state index contributed by atoms with van der Waals surface area (Å²) in [7, 11) is 0. The summed E-state index contributed by atoms with van der Waals surface area (Å²) in [5.74, 6) is 0.825. The molecular weight excluding hydrogens is 384 g/mol. The van der Waals surface area contributed by atoms with Crippen molar-refractivity contribution in [2.75, 3.05) is 5.32 Å². The third-order valence-corrected chi connectivity index (χ3v) is 5.62. The molecule has 0 spiro atoms. The highest BCUT2D eigenvalue weighted by molar-refractivity contribution is 5.82. The molecule has 1 N–H and O–H groups in total. The van der Waals surface area contributed by atoms with E-state index in [4.69, 9.17) is 4.98 Å². The molecule has 1 unspecified atom stereocenters. The summed E-state index contributed by atoms with van der Waals surface area (Å²) < 4.78 is 1.74. The Morgan fingerprint density at radius 1 is 0.935 bits per heavy atom. The molecule has 0 aliphatic carbocycles. The molecule has 1 aliphatic rings. The first kappa shape index (κ1) is 19.1. The highest BCUT2D eigenvalue weighted by atomic mass is 16.2. The molecule has 31 heavy (non-hydrogen) atoms. The van der Waals surface area contributed by atoms with E-state index in [2.05, 4.69) is 53.6 Å². The normalized spacial score (nSPS) is 14.9. The lowest BCUT2D eigenvalue weighted by atomic mass is 10.0. The second kappa shape index (κ2) is 8.11. The second-order valence-corrected chi connectivity index (χ2v) is 7.91. The first-order valence-corrected chi connectivity index (χ1v) is 10.4. The lowest BCUT2D eigenvalue weighted by Gasteiger charge is -2.07. The van der Waals surface area contributed by atoms with Crippen molar-refractivity contribution >= 4 is 11.7 Å². The molecule has 0 radical (unpaired) electrons. The Morgan fingerprint density at radius 2 is 1.68 bits per heavy atom. The van der Waals surface area contributed by atoms with Crippen LogP contribution in [0.3, 0.4) is 0 Å². The molecule has 3 heterocycles. The fourth-order valence-electron chi connectivity index (χ4n) is 3.95. The number of hydrogen-bond acceptors (Lipinski definition) is 4. The van der Waals surface area contributed by atoms with Crippen LogP contribution in [0.4, 0.5) is 5.82 Å². The fourth-order valence-corrected chi connectivity index (χ4v) is 3.95. The molecule has 0 amide bonds. The van der Waals surface area contributed by atoms with Crippen LogP contribution < -0.4 is 9.88 Å². The van der Waals surface area contributed by atoms with Gasteiger partial charge in [0.15, 0.2) is 6.04 Å². The quantitative estimate of drug-likeness (QED) is 0.508. The summed E-state index contributed by atoms with van der Waals surface area (Å²) in [5.41, 5.74) is 6.07. The predicted octanol–water partition coefficient (Wildman–Crippen LogP) is 4.01. The summed E-state index contributed by atoms with van der Waals surface area (Å²) in [6, 6.07) is 22.1. The number of benzene rings is 2. The zero-order valence-corrected chi connectivity index (χ0v) is 17.3. The summed E-state index contributed by atoms with van der Waals surface area (Å²) in [6.07, 6.45) is 6.60. The van der Waals surface area contributed by atoms with Gasteiger partial charge in [-0.15, -0.1) is 0 Å². The molecule has 1 atom stereocenters. The van der Waals surface area contributed by atoms with Gasteiger partial charge in [0.2, 0.25) is 0 Å². The number of carbonyl (C=O) groups excluding carboxylic acids is 1. The molecule has 0 saturated heterocycles. The van der Waals surface area contributed by atoms with Gasteiger partial charge in [-0.05, 0) is 30.2 Å². The van der Waals surface area contributed by atoms with Crippen LogP contribution >= 0.6 is 0 Å². The van der Waals surface area contributed by atoms with Gasteiger partial charge in [0.25, 0.3) is 0 Å². The number of fused-ring (bicyclic) bond motifs is 1. The summed E-state index contributed by atoms with van der Waals surface area (Å²) in [5, 5.41) is 3.45. The summed E-state index contributed by atoms with van der Waals surface area (Å²) in [6.45, 7) is 2.07. The molecule has 0 fully saturated rings. The van der Waals surface area contributed by atoms with E-state index in [1.807, 2.05) is 36.5 Å². The van der Waals surface area contributed by atoms with Gasteiger partial charge in [0.05, 0.1) is 0 Å². The van der Waals surface area contributed by atoms with Crippen molar-refractivity contribution in [3.8, 4) is 11.3 Å². The minimum atomic E-state index is -0.313. The molecule has 5 rings (SSSR count). The molecule has 1 aliphatic heterocycles. The van der Waals surface area contributed by atoms with Crippen molar-refractivity contribution in [2.24, 2.45) is 0 Å². The second-order valence-electron chi connectivity index (χ2n) is 7.91. The highest BCUT2D eigenvalue weighted by Gasteiger charge is 2.41. The lowest BCUT2D eigenvalue weighted by Crippen LogP contribution is -2.44. The van der Waals surface area contributed by atoms with E-state index < -0.39 is 0 Å². The smallest absolute Gasteiger partial charge is 0.265 e. The maximum absolute atomic E-state index is 13.3. The van der Waals surface area contributed by atoms with Crippen molar-refractivity contribution in [1.29, 1.82) is 0 Å². The van der Waals surface area contributed by atoms with Crippen molar-refractivity contribution in [2.45, 2.75) is 25.8 Å². The number of carbonyl (C=O) groups is 1. The minimum absolute atomic E-state index is 0.0441. The Hall–Kier alpha value is -3.86. The van der Waals surface area contributed by atoms with Gasteiger partial charge in [0, 0.05) is 30.8 Å². The summed E-state index contributed by atoms with van der Waals surface area (Å²) in [4.78, 5) is 22.4. The Morgan fingerprint density at radius 3 is 2.42 bits per heavy atom. The monoisotopic (exact) mass is 407 g/mol. The number of aryl methyl sites for hydroxylation is 1. The standard InChI is InChI=1S/C26H22N4O/c1-18-7-9-20(10-8-18)16-23-26(31)30-17-24(21-11-13-27-14-12-21)28-22(25(30)29-23)15-19-5-3-2-4-6-19/h2-14,17,23H,15-16H2,1H3/p+1. The molecule has 4 aromatic rings. The maximum atomic E-state index is 13.3. The van der Waals surface area contributed by atoms with E-state index in [1.165, 1.54) is 5.56 Å². The van der Waals surface area contributed by atoms with Crippen LogP contribution in [-0.4, -0.2) is 21.9 Å². The van der Waals surface area contributed by atoms with Crippen LogP contribution in [0.25, 0.3) is 11.3 Å². The topological polar surface area (TPSA) is 58.8 Å². The zero-order chi connectivity index (χ0) is 21.2. The van der Waals surface area contributed by atoms with Gasteiger partial charge in [0.1, 0.15) is 17.6 Å². The first-order valence-electron chi connectivity index (χ1n) is 10.4. The highest BCUT2D eigenvalue weighted by Crippen LogP contribution is 2.24. The van der Waals surface area contributed by atoms with Gasteiger partial charge < -0.3 is 0 Å². The van der Waals surface area contributed by atoms with Crippen LogP contribution in [0, 0.1) is 6.92 Å². The molecule has 5 heteroatoms. The number of rotatable bonds is 5. The van der Waals surface area contributed by atoms with Gasteiger partial charge in [-0.2, -0.15) is 4.57 Å². The van der Waals surface area contributed by atoms with Crippen LogP contribution in [-0.2, 0) is 12.8 Å². The van der Waals surface area contributed by atoms with E-state index in [-0.39, 0.29) is 11.9 Å². The lowest BCUT2D eigenvalue weighted by molar-refractivity contribution is -0.552. The molecule has 2 aromatic heterocycles. The van der Waals surface area contributed by atoms with E-state index in [0.29, 0.717) is 12.8 Å². The van der Waals surface area contributed by atoms with E-state index in [1.54, 1.807) is 17.0 Å². The van der Waals surface area contributed by atoms with Crippen LogP contribution in [0.15, 0.2) is 85.3 Å². The Labute approximate surface area is 181 Å². The Bertz CT molecular complexity index is 1220. The molecular formula is C26H23N4O+. The van der Waals surface area contributed by atoms with Crippen molar-refractivity contribution in [3.05, 3.63) is 108 Å². The Kier molecular flexibility index (Phi) is 5.00. The molecule has 0 bridgehead atoms. The molecule has 5 nitrogen and oxygen atoms in total. The number of aromatic nitrogens is 3. The van der Waals surface area contributed by atoms with Crippen LogP contribution in [0.1, 0.15) is 27.2 Å². The minimum Gasteiger partial charge on any atom is -0.265 e. The van der Waals surface area contributed by atoms with Gasteiger partial charge in [-0.25, -0.2) is 9.78 Å². The largest absolute Gasteiger partial charge is 0.359 e. The Balaban J connectivity index is 1.53. The average molecular weight is 407 g/mol. The van der Waals surface area contributed by atoms with E-state index >= 15 is 0 Å². The van der Waals surface area contributed by atoms with E-state index in [9.17, 15) is 4.79 Å². The zero-order valence-electron chi connectivity index (χ0n) is 17.3. The number of anilines is 1. The van der Waals surface area contributed by atoms with Gasteiger partial charge in [-0.1, -0.05) is 60.2 Å². The maximum Gasteiger partial charge on any atom is 0.359 e. The number of nitrogens with zero attached hydrogens (tertiary/aromatic N) is 3. The predicted molar refractivity (Wildman–Crippen MR) is 120 cm³/mol. The average Bonchev–Trinajstić information content (AvgIpc) is 3.12. The third-order valence-electron chi connectivity index (χ3n) is 5.62. The number of nitrogens with one attached hydrogen (secondary N) is 1. The van der Waals surface area contributed by atoms with Gasteiger partial charge in [-0.3, -0.25) is 10.3 Å². The van der Waals surface area contributed by atoms with Gasteiger partial charge >= 0.3 is 11.7 Å². The SMILES string of the molecule is Cc1ccc(CC2Nc3c(Cc4ccccc4)nc(-c4ccncc4)c[n+]3C2=O)cc1. The van der Waals surface area contributed by atoms with Crippen LogP contribution in [0.5, 0.6) is 0 Å². The third kappa shape index (κ3) is 3.94. The summed E-state index contributed by atoms with van der Waals surface area (Å²) >= 11 is 0. The molecule has 152 valence electrons. The van der Waals surface area contributed by atoms with E-state index in [0.717, 1.165) is 33.9 Å². The number of hydrogen-bond donors (Lipinski definition) is 1. The fraction of sp³-hybridized carbons (Fsp3) is 0.154. The van der Waals surface area contributed by atoms with Crippen molar-refractivity contribution < 1.29 is 9.36 Å². The van der Waals surface area contributed by atoms with Crippen molar-refractivity contribution in [1.82, 2.24) is 9.97 Å². The molecule has 2 aromatic carbocycles. The molecule has 0 saturated carbocycles. The first-order chi connectivity index (χ1) is 15.2. The number of pyridine rings is 1. The van der Waals surface area contributed by atoms with Crippen LogP contribution in [0.2, 0.25) is 0 Å². The van der Waals surface area contributed by atoms with Crippen molar-refractivity contribution in [3.63, 3.8) is 0 Å².